The van der Waals surface area contributed by atoms with Gasteiger partial charge in [0.05, 0.1) is 0 Å². The highest BCUT2D eigenvalue weighted by Gasteiger charge is 2.44. The topological polar surface area (TPSA) is 94.9 Å². The van der Waals surface area contributed by atoms with Gasteiger partial charge in [-0.05, 0) is 38.5 Å². The first-order valence-corrected chi connectivity index (χ1v) is 10.1. The Labute approximate surface area is 139 Å². The van der Waals surface area contributed by atoms with Gasteiger partial charge in [0.1, 0.15) is 12.2 Å². The maximum Gasteiger partial charge on any atom is 0.351 e. The Hall–Kier alpha value is -1.00. The minimum absolute atomic E-state index is 0.128. The first-order valence-electron chi connectivity index (χ1n) is 8.60. The van der Waals surface area contributed by atoms with Crippen LogP contribution in [-0.4, -0.2) is 58.0 Å². The van der Waals surface area contributed by atoms with E-state index < -0.39 is 25.5 Å². The SMILES string of the molecule is CCCCC(C(=O)N1CCC[C@H]1C(=O)O)[P+](=O)CCCCCO. The van der Waals surface area contributed by atoms with E-state index in [4.69, 9.17) is 5.11 Å². The Bertz CT molecular complexity index is 415. The molecule has 0 radical (unpaired) electrons. The van der Waals surface area contributed by atoms with Gasteiger partial charge < -0.3 is 15.1 Å². The van der Waals surface area contributed by atoms with E-state index in [1.807, 2.05) is 6.92 Å². The molecule has 6 nitrogen and oxygen atoms in total. The number of hydrogen-bond donors (Lipinski definition) is 2. The number of hydrogen-bond acceptors (Lipinski definition) is 4. The van der Waals surface area contributed by atoms with Crippen molar-refractivity contribution >= 4 is 19.7 Å². The fourth-order valence-corrected chi connectivity index (χ4v) is 4.69. The maximum atomic E-state index is 12.7. The van der Waals surface area contributed by atoms with E-state index in [1.165, 1.54) is 4.90 Å². The zero-order valence-corrected chi connectivity index (χ0v) is 14.8. The van der Waals surface area contributed by atoms with Crippen molar-refractivity contribution in [3.8, 4) is 0 Å². The lowest BCUT2D eigenvalue weighted by molar-refractivity contribution is -0.148. The number of amides is 1. The molecule has 7 heteroatoms. The van der Waals surface area contributed by atoms with Crippen molar-refractivity contribution in [2.24, 2.45) is 0 Å². The Balaban J connectivity index is 2.69. The molecule has 1 heterocycles. The Morgan fingerprint density at radius 1 is 1.26 bits per heavy atom. The van der Waals surface area contributed by atoms with E-state index >= 15 is 0 Å². The molecule has 0 aromatic rings. The molecular weight excluding hydrogens is 317 g/mol. The fraction of sp³-hybridized carbons (Fsp3) is 0.875. The molecule has 2 N–H and O–H groups in total. The number of unbranched alkanes of at least 4 members (excludes halogenated alkanes) is 3. The van der Waals surface area contributed by atoms with Crippen LogP contribution < -0.4 is 0 Å². The van der Waals surface area contributed by atoms with Crippen LogP contribution in [0.1, 0.15) is 58.3 Å². The van der Waals surface area contributed by atoms with Crippen molar-refractivity contribution in [1.82, 2.24) is 4.90 Å². The van der Waals surface area contributed by atoms with Crippen LogP contribution in [-0.2, 0) is 14.2 Å². The first-order chi connectivity index (χ1) is 11.0. The molecule has 23 heavy (non-hydrogen) atoms. The van der Waals surface area contributed by atoms with Crippen LogP contribution >= 0.6 is 7.80 Å². The van der Waals surface area contributed by atoms with Gasteiger partial charge in [-0.1, -0.05) is 17.9 Å². The number of aliphatic hydroxyl groups is 1. The fourth-order valence-electron chi connectivity index (χ4n) is 2.98. The molecule has 3 atom stereocenters. The molecule has 1 aliphatic heterocycles. The van der Waals surface area contributed by atoms with Gasteiger partial charge in [0.25, 0.3) is 5.91 Å². The van der Waals surface area contributed by atoms with Crippen LogP contribution in [0.3, 0.4) is 0 Å². The second-order valence-electron chi connectivity index (χ2n) is 6.11. The minimum atomic E-state index is -1.68. The Morgan fingerprint density at radius 2 is 2.00 bits per heavy atom. The molecule has 1 aliphatic rings. The third kappa shape index (κ3) is 6.19. The molecule has 0 bridgehead atoms. The van der Waals surface area contributed by atoms with Gasteiger partial charge in [0.2, 0.25) is 5.66 Å². The molecule has 1 fully saturated rings. The van der Waals surface area contributed by atoms with Crippen LogP contribution in [0, 0.1) is 0 Å². The zero-order chi connectivity index (χ0) is 17.2. The molecule has 0 saturated carbocycles. The summed E-state index contributed by atoms with van der Waals surface area (Å²) in [5, 5.41) is 18.0. The average Bonchev–Trinajstić information content (AvgIpc) is 3.01. The Morgan fingerprint density at radius 3 is 2.61 bits per heavy atom. The number of nitrogens with zero attached hydrogens (tertiary/aromatic N) is 1. The predicted octanol–water partition coefficient (Wildman–Crippen LogP) is 2.61. The summed E-state index contributed by atoms with van der Waals surface area (Å²) >= 11 is 0. The predicted molar refractivity (Wildman–Crippen MR) is 89.1 cm³/mol. The van der Waals surface area contributed by atoms with Gasteiger partial charge in [0, 0.05) is 19.6 Å². The molecule has 0 aromatic heterocycles. The molecule has 1 saturated heterocycles. The smallest absolute Gasteiger partial charge is 0.351 e. The average molecular weight is 346 g/mol. The molecule has 0 aromatic carbocycles. The van der Waals surface area contributed by atoms with Gasteiger partial charge in [-0.25, -0.2) is 4.79 Å². The summed E-state index contributed by atoms with van der Waals surface area (Å²) in [7, 11) is -1.68. The highest BCUT2D eigenvalue weighted by molar-refractivity contribution is 7.46. The van der Waals surface area contributed by atoms with Crippen molar-refractivity contribution < 1.29 is 24.4 Å². The number of carboxylic acid groups (broad SMARTS) is 1. The van der Waals surface area contributed by atoms with Crippen molar-refractivity contribution in [2.75, 3.05) is 19.3 Å². The van der Waals surface area contributed by atoms with Crippen molar-refractivity contribution in [3.63, 3.8) is 0 Å². The highest BCUT2D eigenvalue weighted by atomic mass is 31.1. The molecule has 132 valence electrons. The third-order valence-corrected chi connectivity index (χ3v) is 6.25. The summed E-state index contributed by atoms with van der Waals surface area (Å²) < 4.78 is 12.6. The van der Waals surface area contributed by atoms with Gasteiger partial charge >= 0.3 is 13.8 Å². The van der Waals surface area contributed by atoms with E-state index in [0.717, 1.165) is 25.7 Å². The monoisotopic (exact) mass is 346 g/mol. The van der Waals surface area contributed by atoms with Crippen LogP contribution in [0.2, 0.25) is 0 Å². The lowest BCUT2D eigenvalue weighted by Crippen LogP contribution is -2.44. The van der Waals surface area contributed by atoms with Crippen molar-refractivity contribution in [3.05, 3.63) is 0 Å². The molecular formula is C16H29NO5P+. The van der Waals surface area contributed by atoms with E-state index in [1.54, 1.807) is 0 Å². The summed E-state index contributed by atoms with van der Waals surface area (Å²) in [4.78, 5) is 25.4. The number of likely N-dealkylation sites (tertiary alicyclic amines) is 1. The Kier molecular flexibility index (Phi) is 9.34. The number of carboxylic acids is 1. The van der Waals surface area contributed by atoms with Gasteiger partial charge in [-0.15, -0.1) is 0 Å². The highest BCUT2D eigenvalue weighted by Crippen LogP contribution is 2.36. The molecule has 1 rings (SSSR count). The molecule has 0 aliphatic carbocycles. The molecule has 1 amide bonds. The van der Waals surface area contributed by atoms with Crippen LogP contribution in [0.25, 0.3) is 0 Å². The van der Waals surface area contributed by atoms with Gasteiger partial charge in [-0.3, -0.25) is 4.79 Å². The first kappa shape index (κ1) is 20.0. The number of rotatable bonds is 11. The van der Waals surface area contributed by atoms with Crippen molar-refractivity contribution in [2.45, 2.75) is 70.0 Å². The number of carbonyl (C=O) groups excluding carboxylic acids is 1. The number of aliphatic carboxylic acids is 1. The number of aliphatic hydroxyl groups excluding tert-OH is 1. The van der Waals surface area contributed by atoms with Gasteiger partial charge in [0.15, 0.2) is 0 Å². The normalized spacial score (nSPS) is 19.7. The quantitative estimate of drug-likeness (QED) is 0.443. The minimum Gasteiger partial charge on any atom is -0.480 e. The summed E-state index contributed by atoms with van der Waals surface area (Å²) in [6.45, 7) is 2.60. The largest absolute Gasteiger partial charge is 0.480 e. The van der Waals surface area contributed by atoms with Crippen LogP contribution in [0.5, 0.6) is 0 Å². The zero-order valence-electron chi connectivity index (χ0n) is 13.9. The van der Waals surface area contributed by atoms with Crippen molar-refractivity contribution in [1.29, 1.82) is 0 Å². The lowest BCUT2D eigenvalue weighted by Gasteiger charge is -2.22. The van der Waals surface area contributed by atoms with E-state index in [-0.39, 0.29) is 12.5 Å². The van der Waals surface area contributed by atoms with E-state index in [2.05, 4.69) is 0 Å². The lowest BCUT2D eigenvalue weighted by atomic mass is 10.1. The second-order valence-corrected chi connectivity index (χ2v) is 8.02. The maximum absolute atomic E-state index is 12.7. The second kappa shape index (κ2) is 10.7. The number of carbonyl (C=O) groups is 2. The van der Waals surface area contributed by atoms with E-state index in [0.29, 0.717) is 38.4 Å². The van der Waals surface area contributed by atoms with Crippen LogP contribution in [0.4, 0.5) is 0 Å². The molecule has 0 spiro atoms. The summed E-state index contributed by atoms with van der Waals surface area (Å²) in [6, 6.07) is -0.760. The summed E-state index contributed by atoms with van der Waals surface area (Å²) in [5.41, 5.74) is -0.556. The summed E-state index contributed by atoms with van der Waals surface area (Å²) in [5.74, 6) is -1.21. The third-order valence-electron chi connectivity index (χ3n) is 4.32. The van der Waals surface area contributed by atoms with Gasteiger partial charge in [-0.2, -0.15) is 0 Å². The molecule has 2 unspecified atom stereocenters. The standard InChI is InChI=1S/C16H28NO5P/c1-2-3-9-14(23(22)12-6-4-5-11-18)15(19)17-10-7-8-13(17)16(20)21/h13-14,18H,2-12H2,1H3/p+1/t13-,14?/m0/s1. The van der Waals surface area contributed by atoms with Crippen LogP contribution in [0.15, 0.2) is 0 Å². The van der Waals surface area contributed by atoms with E-state index in [9.17, 15) is 19.3 Å². The summed E-state index contributed by atoms with van der Waals surface area (Å²) in [6.07, 6.45) is 6.16.